The molecule has 0 radical (unpaired) electrons. The molecular formula is C21H32N2O3. The largest absolute Gasteiger partial charge is 0.465 e. The number of benzene rings is 1. The third-order valence-corrected chi connectivity index (χ3v) is 5.93. The summed E-state index contributed by atoms with van der Waals surface area (Å²) in [7, 11) is 1.38. The van der Waals surface area contributed by atoms with Gasteiger partial charge in [-0.3, -0.25) is 0 Å². The van der Waals surface area contributed by atoms with Gasteiger partial charge in [0.25, 0.3) is 0 Å². The van der Waals surface area contributed by atoms with Crippen molar-refractivity contribution in [1.82, 2.24) is 10.2 Å². The van der Waals surface area contributed by atoms with Crippen LogP contribution in [-0.4, -0.2) is 55.4 Å². The summed E-state index contributed by atoms with van der Waals surface area (Å²) in [5, 5.41) is 13.7. The number of ether oxygens (including phenoxy) is 1. The normalized spacial score (nSPS) is 24.7. The van der Waals surface area contributed by atoms with Crippen molar-refractivity contribution in [1.29, 1.82) is 0 Å². The third-order valence-electron chi connectivity index (χ3n) is 5.93. The van der Waals surface area contributed by atoms with Crippen molar-refractivity contribution in [3.8, 4) is 0 Å². The van der Waals surface area contributed by atoms with Crippen molar-refractivity contribution in [2.24, 2.45) is 11.8 Å². The van der Waals surface area contributed by atoms with E-state index >= 15 is 0 Å². The number of carbonyl (C=O) groups excluding carboxylic acids is 1. The second-order valence-corrected chi connectivity index (χ2v) is 7.83. The van der Waals surface area contributed by atoms with Crippen molar-refractivity contribution < 1.29 is 14.6 Å². The van der Waals surface area contributed by atoms with Crippen LogP contribution in [0.4, 0.5) is 0 Å². The first-order valence-electron chi connectivity index (χ1n) is 9.94. The van der Waals surface area contributed by atoms with Crippen LogP contribution in [0.25, 0.3) is 0 Å². The van der Waals surface area contributed by atoms with Gasteiger partial charge in [0.05, 0.1) is 18.8 Å². The molecule has 1 aliphatic carbocycles. The molecule has 0 aromatic heterocycles. The lowest BCUT2D eigenvalue weighted by Crippen LogP contribution is -2.46. The maximum Gasteiger partial charge on any atom is 0.337 e. The van der Waals surface area contributed by atoms with Gasteiger partial charge in [-0.05, 0) is 48.9 Å². The highest BCUT2D eigenvalue weighted by atomic mass is 16.5. The first kappa shape index (κ1) is 19.3. The van der Waals surface area contributed by atoms with Crippen molar-refractivity contribution in [3.63, 3.8) is 0 Å². The SMILES string of the molecule is COC(=O)c1ccc(CNC[C@@H](O)CN2CC[C@@H]3CCCC[C@@H]3C2)cc1. The fourth-order valence-electron chi connectivity index (χ4n) is 4.46. The highest BCUT2D eigenvalue weighted by Crippen LogP contribution is 2.35. The summed E-state index contributed by atoms with van der Waals surface area (Å²) in [5.74, 6) is 1.47. The predicted octanol–water partition coefficient (Wildman–Crippen LogP) is 2.44. The molecule has 5 nitrogen and oxygen atoms in total. The molecule has 26 heavy (non-hydrogen) atoms. The molecule has 3 atom stereocenters. The molecule has 1 heterocycles. The second-order valence-electron chi connectivity index (χ2n) is 7.83. The van der Waals surface area contributed by atoms with Crippen molar-refractivity contribution >= 4 is 5.97 Å². The summed E-state index contributed by atoms with van der Waals surface area (Å²) in [6.45, 7) is 4.33. The number of aliphatic hydroxyl groups is 1. The fourth-order valence-corrected chi connectivity index (χ4v) is 4.46. The molecule has 2 N–H and O–H groups in total. The number of β-amino-alcohol motifs (C(OH)–C–C–N with tert-alkyl or cyclic N) is 1. The molecule has 2 fully saturated rings. The third kappa shape index (κ3) is 5.29. The van der Waals surface area contributed by atoms with Gasteiger partial charge in [0, 0.05) is 26.2 Å². The van der Waals surface area contributed by atoms with Crippen LogP contribution >= 0.6 is 0 Å². The van der Waals surface area contributed by atoms with Gasteiger partial charge in [-0.1, -0.05) is 31.4 Å². The van der Waals surface area contributed by atoms with E-state index in [4.69, 9.17) is 4.74 Å². The number of hydrogen-bond donors (Lipinski definition) is 2. The van der Waals surface area contributed by atoms with Gasteiger partial charge < -0.3 is 20.1 Å². The molecule has 1 aromatic carbocycles. The summed E-state index contributed by atoms with van der Waals surface area (Å²) in [6, 6.07) is 7.38. The van der Waals surface area contributed by atoms with Gasteiger partial charge in [0.2, 0.25) is 0 Å². The zero-order valence-electron chi connectivity index (χ0n) is 15.8. The minimum atomic E-state index is -0.343. The lowest BCUT2D eigenvalue weighted by Gasteiger charge is -2.41. The van der Waals surface area contributed by atoms with Crippen molar-refractivity contribution in [2.45, 2.75) is 44.8 Å². The average Bonchev–Trinajstić information content (AvgIpc) is 2.68. The van der Waals surface area contributed by atoms with Crippen LogP contribution in [0.3, 0.4) is 0 Å². The molecule has 5 heteroatoms. The highest BCUT2D eigenvalue weighted by molar-refractivity contribution is 5.89. The molecule has 0 amide bonds. The van der Waals surface area contributed by atoms with E-state index in [1.165, 1.54) is 39.2 Å². The Hall–Kier alpha value is -1.43. The van der Waals surface area contributed by atoms with E-state index < -0.39 is 0 Å². The van der Waals surface area contributed by atoms with Gasteiger partial charge in [-0.15, -0.1) is 0 Å². The topological polar surface area (TPSA) is 61.8 Å². The number of nitrogens with one attached hydrogen (secondary N) is 1. The Balaban J connectivity index is 1.36. The van der Waals surface area contributed by atoms with Crippen LogP contribution in [0.15, 0.2) is 24.3 Å². The highest BCUT2D eigenvalue weighted by Gasteiger charge is 2.31. The lowest BCUT2D eigenvalue weighted by atomic mass is 9.75. The van der Waals surface area contributed by atoms with E-state index in [1.54, 1.807) is 12.1 Å². The number of likely N-dealkylation sites (tertiary alicyclic amines) is 1. The number of methoxy groups -OCH3 is 1. The Morgan fingerprint density at radius 3 is 2.69 bits per heavy atom. The number of aliphatic hydroxyl groups excluding tert-OH is 1. The van der Waals surface area contributed by atoms with Crippen molar-refractivity contribution in [3.05, 3.63) is 35.4 Å². The van der Waals surface area contributed by atoms with Gasteiger partial charge in [-0.2, -0.15) is 0 Å². The summed E-state index contributed by atoms with van der Waals surface area (Å²) in [4.78, 5) is 13.9. The minimum Gasteiger partial charge on any atom is -0.465 e. The van der Waals surface area contributed by atoms with Crippen LogP contribution in [0.5, 0.6) is 0 Å². The number of carbonyl (C=O) groups is 1. The van der Waals surface area contributed by atoms with Crippen molar-refractivity contribution in [2.75, 3.05) is 33.3 Å². The fraction of sp³-hybridized carbons (Fsp3) is 0.667. The van der Waals surface area contributed by atoms with E-state index in [1.807, 2.05) is 12.1 Å². The van der Waals surface area contributed by atoms with E-state index in [-0.39, 0.29) is 12.1 Å². The van der Waals surface area contributed by atoms with Crippen LogP contribution in [-0.2, 0) is 11.3 Å². The Bertz CT molecular complexity index is 575. The lowest BCUT2D eigenvalue weighted by molar-refractivity contribution is 0.0463. The number of nitrogens with zero attached hydrogens (tertiary/aromatic N) is 1. The van der Waals surface area contributed by atoms with E-state index in [0.29, 0.717) is 18.7 Å². The van der Waals surface area contributed by atoms with E-state index in [0.717, 1.165) is 37.0 Å². The molecule has 1 aromatic rings. The molecule has 3 rings (SSSR count). The zero-order valence-corrected chi connectivity index (χ0v) is 15.8. The summed E-state index contributed by atoms with van der Waals surface area (Å²) in [6.07, 6.45) is 6.54. The summed E-state index contributed by atoms with van der Waals surface area (Å²) < 4.78 is 4.70. The van der Waals surface area contributed by atoms with Crippen LogP contribution < -0.4 is 5.32 Å². The molecule has 0 unspecified atom stereocenters. The van der Waals surface area contributed by atoms with Crippen LogP contribution in [0.2, 0.25) is 0 Å². The maximum absolute atomic E-state index is 11.4. The number of hydrogen-bond acceptors (Lipinski definition) is 5. The molecule has 0 spiro atoms. The minimum absolute atomic E-state index is 0.318. The second kappa shape index (κ2) is 9.49. The molecule has 144 valence electrons. The molecule has 1 saturated carbocycles. The zero-order chi connectivity index (χ0) is 18.4. The average molecular weight is 360 g/mol. The molecule has 2 aliphatic rings. The predicted molar refractivity (Wildman–Crippen MR) is 102 cm³/mol. The number of rotatable bonds is 7. The first-order chi connectivity index (χ1) is 12.7. The van der Waals surface area contributed by atoms with Gasteiger partial charge in [0.1, 0.15) is 0 Å². The van der Waals surface area contributed by atoms with E-state index in [9.17, 15) is 9.90 Å². The Morgan fingerprint density at radius 2 is 1.96 bits per heavy atom. The summed E-state index contributed by atoms with van der Waals surface area (Å²) in [5.41, 5.74) is 1.65. The van der Waals surface area contributed by atoms with Gasteiger partial charge in [-0.25, -0.2) is 4.79 Å². The summed E-state index contributed by atoms with van der Waals surface area (Å²) >= 11 is 0. The molecular weight excluding hydrogens is 328 g/mol. The number of esters is 1. The molecule has 1 aliphatic heterocycles. The Morgan fingerprint density at radius 1 is 1.23 bits per heavy atom. The Labute approximate surface area is 156 Å². The van der Waals surface area contributed by atoms with Crippen LogP contribution in [0, 0.1) is 11.8 Å². The molecule has 1 saturated heterocycles. The first-order valence-corrected chi connectivity index (χ1v) is 9.94. The molecule has 0 bridgehead atoms. The van der Waals surface area contributed by atoms with Gasteiger partial charge >= 0.3 is 5.97 Å². The Kier molecular flexibility index (Phi) is 7.06. The number of fused-ring (bicyclic) bond motifs is 1. The monoisotopic (exact) mass is 360 g/mol. The van der Waals surface area contributed by atoms with E-state index in [2.05, 4.69) is 10.2 Å². The quantitative estimate of drug-likeness (QED) is 0.732. The smallest absolute Gasteiger partial charge is 0.337 e. The maximum atomic E-state index is 11.4. The number of piperidine rings is 1. The van der Waals surface area contributed by atoms with Gasteiger partial charge in [0.15, 0.2) is 0 Å². The van der Waals surface area contributed by atoms with Crippen LogP contribution in [0.1, 0.15) is 48.0 Å². The standard InChI is InChI=1S/C21H32N2O3/c1-26-21(25)18-8-6-16(7-9-18)12-22-13-20(24)15-23-11-10-17-4-2-3-5-19(17)14-23/h6-9,17,19-20,22,24H,2-5,10-15H2,1H3/t17-,19+,20+/m0/s1.